The average molecular weight is 307 g/mol. The molecule has 0 aromatic heterocycles. The molecular weight excluding hydrogens is 286 g/mol. The van der Waals surface area contributed by atoms with E-state index in [-0.39, 0.29) is 11.9 Å². The lowest BCUT2D eigenvalue weighted by Crippen LogP contribution is -2.37. The third kappa shape index (κ3) is 4.24. The lowest BCUT2D eigenvalue weighted by Gasteiger charge is -2.23. The number of aliphatic carboxylic acids is 1. The van der Waals surface area contributed by atoms with E-state index in [1.807, 2.05) is 25.1 Å². The van der Waals surface area contributed by atoms with Gasteiger partial charge in [-0.15, -0.1) is 11.8 Å². The summed E-state index contributed by atoms with van der Waals surface area (Å²) in [5.74, 6) is -0.217. The molecule has 1 aromatic carbocycles. The van der Waals surface area contributed by atoms with Crippen molar-refractivity contribution in [1.29, 1.82) is 0 Å². The molecule has 0 saturated carbocycles. The van der Waals surface area contributed by atoms with Crippen molar-refractivity contribution in [3.05, 3.63) is 30.3 Å². The number of rotatable bonds is 6. The van der Waals surface area contributed by atoms with Gasteiger partial charge in [0, 0.05) is 23.9 Å². The summed E-state index contributed by atoms with van der Waals surface area (Å²) in [5, 5.41) is 9.08. The van der Waals surface area contributed by atoms with Crippen molar-refractivity contribution in [3.63, 3.8) is 0 Å². The Hall–Kier alpha value is -1.49. The minimum Gasteiger partial charge on any atom is -0.481 e. The van der Waals surface area contributed by atoms with Crippen LogP contribution in [0.1, 0.15) is 26.2 Å². The van der Waals surface area contributed by atoms with E-state index < -0.39 is 11.9 Å². The van der Waals surface area contributed by atoms with Crippen LogP contribution in [0.25, 0.3) is 0 Å². The summed E-state index contributed by atoms with van der Waals surface area (Å²) >= 11 is 1.75. The van der Waals surface area contributed by atoms with Gasteiger partial charge >= 0.3 is 5.97 Å². The third-order valence-electron chi connectivity index (χ3n) is 3.94. The third-order valence-corrected chi connectivity index (χ3v) is 5.04. The Kier molecular flexibility index (Phi) is 5.67. The Bertz CT molecular complexity index is 492. The van der Waals surface area contributed by atoms with Gasteiger partial charge in [-0.1, -0.05) is 18.2 Å². The highest BCUT2D eigenvalue weighted by molar-refractivity contribution is 7.99. The number of hydrogen-bond acceptors (Lipinski definition) is 3. The Morgan fingerprint density at radius 2 is 2.05 bits per heavy atom. The highest BCUT2D eigenvalue weighted by Gasteiger charge is 2.37. The van der Waals surface area contributed by atoms with Crippen molar-refractivity contribution in [2.45, 2.75) is 37.1 Å². The number of amides is 1. The van der Waals surface area contributed by atoms with Crippen LogP contribution in [0.4, 0.5) is 0 Å². The van der Waals surface area contributed by atoms with Gasteiger partial charge in [0.1, 0.15) is 0 Å². The fourth-order valence-electron chi connectivity index (χ4n) is 2.70. The minimum absolute atomic E-state index is 0.0833. The number of nitrogens with zero attached hydrogens (tertiary/aromatic N) is 1. The second kappa shape index (κ2) is 7.50. The summed E-state index contributed by atoms with van der Waals surface area (Å²) in [7, 11) is 0. The molecule has 0 bridgehead atoms. The molecule has 2 rings (SSSR count). The van der Waals surface area contributed by atoms with Gasteiger partial charge in [0.25, 0.3) is 0 Å². The Balaban J connectivity index is 1.72. The summed E-state index contributed by atoms with van der Waals surface area (Å²) < 4.78 is 0. The first-order chi connectivity index (χ1) is 10.1. The predicted octanol–water partition coefficient (Wildman–Crippen LogP) is 2.88. The van der Waals surface area contributed by atoms with Crippen LogP contribution >= 0.6 is 11.8 Å². The maximum atomic E-state index is 12.2. The van der Waals surface area contributed by atoms with Crippen molar-refractivity contribution in [2.75, 3.05) is 12.3 Å². The summed E-state index contributed by atoms with van der Waals surface area (Å²) in [6, 6.07) is 9.94. The van der Waals surface area contributed by atoms with Crippen LogP contribution in [0.3, 0.4) is 0 Å². The molecule has 1 saturated heterocycles. The van der Waals surface area contributed by atoms with Crippen LogP contribution in [0.5, 0.6) is 0 Å². The van der Waals surface area contributed by atoms with Gasteiger partial charge in [-0.2, -0.15) is 0 Å². The fraction of sp³-hybridized carbons (Fsp3) is 0.500. The van der Waals surface area contributed by atoms with Crippen molar-refractivity contribution in [2.24, 2.45) is 5.92 Å². The number of carbonyl (C=O) groups is 2. The molecule has 4 nitrogen and oxygen atoms in total. The van der Waals surface area contributed by atoms with E-state index in [9.17, 15) is 9.59 Å². The first-order valence-corrected chi connectivity index (χ1v) is 8.28. The molecular formula is C16H21NO3S. The molecule has 1 N–H and O–H groups in total. The first kappa shape index (κ1) is 15.9. The van der Waals surface area contributed by atoms with Crippen LogP contribution < -0.4 is 0 Å². The number of thioether (sulfide) groups is 1. The van der Waals surface area contributed by atoms with Crippen LogP contribution in [0, 0.1) is 5.92 Å². The molecule has 21 heavy (non-hydrogen) atoms. The van der Waals surface area contributed by atoms with E-state index in [0.717, 1.165) is 12.2 Å². The fourth-order valence-corrected chi connectivity index (χ4v) is 3.57. The maximum absolute atomic E-state index is 12.2. The number of benzene rings is 1. The molecule has 2 atom stereocenters. The van der Waals surface area contributed by atoms with Gasteiger partial charge in [0.05, 0.1) is 5.92 Å². The van der Waals surface area contributed by atoms with Crippen LogP contribution in [0.2, 0.25) is 0 Å². The lowest BCUT2D eigenvalue weighted by molar-refractivity contribution is -0.143. The molecule has 1 heterocycles. The number of carboxylic acid groups (broad SMARTS) is 1. The minimum atomic E-state index is -0.794. The van der Waals surface area contributed by atoms with Gasteiger partial charge in [0.2, 0.25) is 5.91 Å². The average Bonchev–Trinajstić information content (AvgIpc) is 2.86. The molecule has 1 aliphatic heterocycles. The topological polar surface area (TPSA) is 57.6 Å². The van der Waals surface area contributed by atoms with Gasteiger partial charge in [-0.25, -0.2) is 0 Å². The molecule has 114 valence electrons. The largest absolute Gasteiger partial charge is 0.481 e. The molecule has 1 amide bonds. The normalized spacial score (nSPS) is 21.5. The van der Waals surface area contributed by atoms with Crippen molar-refractivity contribution >= 4 is 23.6 Å². The Morgan fingerprint density at radius 3 is 2.67 bits per heavy atom. The smallest absolute Gasteiger partial charge is 0.308 e. The van der Waals surface area contributed by atoms with E-state index in [4.69, 9.17) is 5.11 Å². The zero-order valence-corrected chi connectivity index (χ0v) is 13.0. The maximum Gasteiger partial charge on any atom is 0.308 e. The van der Waals surface area contributed by atoms with Crippen molar-refractivity contribution in [1.82, 2.24) is 4.90 Å². The van der Waals surface area contributed by atoms with Gasteiger partial charge < -0.3 is 10.0 Å². The quantitative estimate of drug-likeness (QED) is 0.648. The Morgan fingerprint density at radius 1 is 1.33 bits per heavy atom. The van der Waals surface area contributed by atoms with E-state index in [2.05, 4.69) is 12.1 Å². The molecule has 1 aromatic rings. The predicted molar refractivity (Wildman–Crippen MR) is 83.3 cm³/mol. The molecule has 0 radical (unpaired) electrons. The van der Waals surface area contributed by atoms with Gasteiger partial charge in [-0.05, 0) is 37.7 Å². The summed E-state index contributed by atoms with van der Waals surface area (Å²) in [6.07, 6.45) is 1.89. The van der Waals surface area contributed by atoms with E-state index >= 15 is 0 Å². The monoisotopic (exact) mass is 307 g/mol. The van der Waals surface area contributed by atoms with Crippen LogP contribution in [-0.2, 0) is 9.59 Å². The molecule has 0 spiro atoms. The number of carboxylic acids is 1. The highest BCUT2D eigenvalue weighted by Crippen LogP contribution is 2.25. The van der Waals surface area contributed by atoms with E-state index in [1.54, 1.807) is 16.7 Å². The second-order valence-corrected chi connectivity index (χ2v) is 6.49. The molecule has 1 fully saturated rings. The number of likely N-dealkylation sites (tertiary alicyclic amines) is 1. The van der Waals surface area contributed by atoms with Gasteiger partial charge in [-0.3, -0.25) is 9.59 Å². The van der Waals surface area contributed by atoms with Crippen LogP contribution in [0.15, 0.2) is 35.2 Å². The first-order valence-electron chi connectivity index (χ1n) is 7.29. The SMILES string of the molecule is CC1C(C(=O)O)CCN1C(=O)CCCSc1ccccc1. The zero-order chi connectivity index (χ0) is 15.2. The molecule has 0 aliphatic carbocycles. The summed E-state index contributed by atoms with van der Waals surface area (Å²) in [6.45, 7) is 2.41. The molecule has 5 heteroatoms. The molecule has 2 unspecified atom stereocenters. The molecule has 1 aliphatic rings. The number of hydrogen-bond donors (Lipinski definition) is 1. The standard InChI is InChI=1S/C16H21NO3S/c1-12-14(16(19)20)9-10-17(12)15(18)8-5-11-21-13-6-3-2-4-7-13/h2-4,6-7,12,14H,5,8-11H2,1H3,(H,19,20). The van der Waals surface area contributed by atoms with E-state index in [1.165, 1.54) is 4.90 Å². The van der Waals surface area contributed by atoms with E-state index in [0.29, 0.717) is 19.4 Å². The number of carbonyl (C=O) groups excluding carboxylic acids is 1. The lowest BCUT2D eigenvalue weighted by atomic mass is 10.0. The zero-order valence-electron chi connectivity index (χ0n) is 12.2. The van der Waals surface area contributed by atoms with Crippen LogP contribution in [-0.4, -0.2) is 40.2 Å². The van der Waals surface area contributed by atoms with Gasteiger partial charge in [0.15, 0.2) is 0 Å². The van der Waals surface area contributed by atoms with Crippen molar-refractivity contribution in [3.8, 4) is 0 Å². The second-order valence-electron chi connectivity index (χ2n) is 5.33. The summed E-state index contributed by atoms with van der Waals surface area (Å²) in [4.78, 5) is 26.2. The highest BCUT2D eigenvalue weighted by atomic mass is 32.2. The van der Waals surface area contributed by atoms with Crippen molar-refractivity contribution < 1.29 is 14.7 Å². The summed E-state index contributed by atoms with van der Waals surface area (Å²) in [5.41, 5.74) is 0. The Labute approximate surface area is 129 Å².